The second-order valence-corrected chi connectivity index (χ2v) is 8.23. The summed E-state index contributed by atoms with van der Waals surface area (Å²) in [7, 11) is 0. The van der Waals surface area contributed by atoms with E-state index >= 15 is 0 Å². The number of carbonyl (C=O) groups excluding carboxylic acids is 1. The maximum absolute atomic E-state index is 14.7. The Labute approximate surface area is 186 Å². The maximum atomic E-state index is 14.7. The van der Waals surface area contributed by atoms with Crippen molar-refractivity contribution in [2.45, 2.75) is 26.7 Å². The summed E-state index contributed by atoms with van der Waals surface area (Å²) in [5.41, 5.74) is 4.04. The van der Waals surface area contributed by atoms with Crippen LogP contribution in [0.4, 0.5) is 15.8 Å². The summed E-state index contributed by atoms with van der Waals surface area (Å²) >= 11 is 0. The largest absolute Gasteiger partial charge is 0.486 e. The highest BCUT2D eigenvalue weighted by Gasteiger charge is 2.23. The number of anilines is 2. The highest BCUT2D eigenvalue weighted by Crippen LogP contribution is 2.35. The van der Waals surface area contributed by atoms with E-state index in [9.17, 15) is 9.18 Å². The number of amides is 1. The first-order valence-corrected chi connectivity index (χ1v) is 11.0. The van der Waals surface area contributed by atoms with Gasteiger partial charge in [0.05, 0.1) is 11.3 Å². The second-order valence-electron chi connectivity index (χ2n) is 8.23. The quantitative estimate of drug-likeness (QED) is 0.636. The molecular formula is C25H26FN3O3. The van der Waals surface area contributed by atoms with Crippen LogP contribution < -0.4 is 19.7 Å². The van der Waals surface area contributed by atoms with Gasteiger partial charge in [-0.2, -0.15) is 0 Å². The van der Waals surface area contributed by atoms with Crippen molar-refractivity contribution in [2.24, 2.45) is 0 Å². The Bertz CT molecular complexity index is 1180. The Balaban J connectivity index is 1.47. The van der Waals surface area contributed by atoms with Crippen LogP contribution in [0.5, 0.6) is 11.5 Å². The summed E-state index contributed by atoms with van der Waals surface area (Å²) in [6.45, 7) is 6.61. The lowest BCUT2D eigenvalue weighted by molar-refractivity contribution is 0.102. The molecule has 0 unspecified atom stereocenters. The van der Waals surface area contributed by atoms with Crippen LogP contribution in [-0.4, -0.2) is 36.8 Å². The van der Waals surface area contributed by atoms with Crippen LogP contribution in [0.25, 0.3) is 5.69 Å². The van der Waals surface area contributed by atoms with Crippen LogP contribution in [-0.2, 0) is 0 Å². The molecule has 0 spiro atoms. The fraction of sp³-hybridized carbons (Fsp3) is 0.320. The molecule has 1 fully saturated rings. The zero-order chi connectivity index (χ0) is 22.2. The van der Waals surface area contributed by atoms with E-state index < -0.39 is 5.82 Å². The summed E-state index contributed by atoms with van der Waals surface area (Å²) in [4.78, 5) is 15.4. The molecule has 1 aromatic heterocycles. The van der Waals surface area contributed by atoms with E-state index in [0.717, 1.165) is 54.4 Å². The van der Waals surface area contributed by atoms with Gasteiger partial charge in [-0.25, -0.2) is 4.39 Å². The number of nitrogens with one attached hydrogen (secondary N) is 1. The molecule has 0 atom stereocenters. The minimum Gasteiger partial charge on any atom is -0.486 e. The normalized spacial score (nSPS) is 15.2. The van der Waals surface area contributed by atoms with E-state index in [1.54, 1.807) is 6.07 Å². The smallest absolute Gasteiger partial charge is 0.257 e. The van der Waals surface area contributed by atoms with Crippen molar-refractivity contribution in [3.8, 4) is 17.2 Å². The van der Waals surface area contributed by atoms with Crippen LogP contribution in [0.2, 0.25) is 0 Å². The standard InChI is InChI=1S/C25H26FN3O3/c1-16-14-19(17(2)29(16)18-8-9-22-23(15-18)32-13-12-31-22)25(30)27-24-20(26)6-5-7-21(24)28-10-3-4-11-28/h5-9,14-15H,3-4,10-13H2,1-2H3,(H,27,30). The third-order valence-corrected chi connectivity index (χ3v) is 6.14. The van der Waals surface area contributed by atoms with Gasteiger partial charge in [0.1, 0.15) is 24.7 Å². The number of rotatable bonds is 4. The Hall–Kier alpha value is -3.48. The second kappa shape index (κ2) is 8.22. The van der Waals surface area contributed by atoms with Crippen molar-refractivity contribution < 1.29 is 18.7 Å². The number of hydrogen-bond acceptors (Lipinski definition) is 4. The maximum Gasteiger partial charge on any atom is 0.257 e. The Kier molecular flexibility index (Phi) is 5.25. The molecule has 3 aromatic rings. The van der Waals surface area contributed by atoms with E-state index in [4.69, 9.17) is 9.47 Å². The van der Waals surface area contributed by atoms with Gasteiger partial charge in [0.25, 0.3) is 5.91 Å². The SMILES string of the molecule is Cc1cc(C(=O)Nc2c(F)cccc2N2CCCC2)c(C)n1-c1ccc2c(c1)OCCO2. The Morgan fingerprint density at radius 3 is 2.53 bits per heavy atom. The Morgan fingerprint density at radius 2 is 1.75 bits per heavy atom. The zero-order valence-electron chi connectivity index (χ0n) is 18.3. The predicted octanol–water partition coefficient (Wildman–Crippen LogP) is 4.86. The van der Waals surface area contributed by atoms with Gasteiger partial charge < -0.3 is 24.3 Å². The number of benzene rings is 2. The van der Waals surface area contributed by atoms with Crippen molar-refractivity contribution in [2.75, 3.05) is 36.5 Å². The number of para-hydroxylation sites is 1. The lowest BCUT2D eigenvalue weighted by Crippen LogP contribution is -2.22. The molecule has 5 rings (SSSR count). The average Bonchev–Trinajstić information content (AvgIpc) is 3.43. The molecule has 0 radical (unpaired) electrons. The third-order valence-electron chi connectivity index (χ3n) is 6.14. The minimum absolute atomic E-state index is 0.239. The highest BCUT2D eigenvalue weighted by molar-refractivity contribution is 6.07. The minimum atomic E-state index is -0.427. The van der Waals surface area contributed by atoms with E-state index in [1.165, 1.54) is 6.07 Å². The van der Waals surface area contributed by atoms with Crippen molar-refractivity contribution in [1.29, 1.82) is 0 Å². The third kappa shape index (κ3) is 3.57. The van der Waals surface area contributed by atoms with Gasteiger partial charge >= 0.3 is 0 Å². The van der Waals surface area contributed by atoms with Crippen LogP contribution in [0, 0.1) is 19.7 Å². The summed E-state index contributed by atoms with van der Waals surface area (Å²) in [6, 6.07) is 12.5. The number of fused-ring (bicyclic) bond motifs is 1. The fourth-order valence-corrected chi connectivity index (χ4v) is 4.60. The van der Waals surface area contributed by atoms with Gasteiger partial charge in [0, 0.05) is 36.2 Å². The summed E-state index contributed by atoms with van der Waals surface area (Å²) in [5, 5.41) is 2.84. The first-order valence-electron chi connectivity index (χ1n) is 11.0. The monoisotopic (exact) mass is 435 g/mol. The molecule has 1 amide bonds. The molecule has 32 heavy (non-hydrogen) atoms. The Morgan fingerprint density at radius 1 is 1.00 bits per heavy atom. The topological polar surface area (TPSA) is 55.7 Å². The number of aromatic nitrogens is 1. The van der Waals surface area contributed by atoms with E-state index in [1.807, 2.05) is 48.7 Å². The van der Waals surface area contributed by atoms with Crippen LogP contribution in [0.3, 0.4) is 0 Å². The lowest BCUT2D eigenvalue weighted by Gasteiger charge is -2.22. The first kappa shape index (κ1) is 20.4. The average molecular weight is 435 g/mol. The van der Waals surface area contributed by atoms with Gasteiger partial charge in [0.15, 0.2) is 11.5 Å². The number of hydrogen-bond donors (Lipinski definition) is 1. The molecule has 2 aliphatic heterocycles. The molecule has 166 valence electrons. The number of carbonyl (C=O) groups is 1. The van der Waals surface area contributed by atoms with Gasteiger partial charge in [-0.3, -0.25) is 4.79 Å². The van der Waals surface area contributed by atoms with Gasteiger partial charge in [-0.1, -0.05) is 6.07 Å². The molecule has 1 saturated heterocycles. The number of aryl methyl sites for hydroxylation is 1. The van der Waals surface area contributed by atoms with Gasteiger partial charge in [0.2, 0.25) is 0 Å². The van der Waals surface area contributed by atoms with Crippen molar-refractivity contribution in [1.82, 2.24) is 4.57 Å². The fourth-order valence-electron chi connectivity index (χ4n) is 4.60. The van der Waals surface area contributed by atoms with Crippen LogP contribution in [0.1, 0.15) is 34.6 Å². The molecule has 0 bridgehead atoms. The molecular weight excluding hydrogens is 409 g/mol. The van der Waals surface area contributed by atoms with Crippen molar-refractivity contribution in [3.63, 3.8) is 0 Å². The van der Waals surface area contributed by atoms with Crippen molar-refractivity contribution in [3.05, 3.63) is 65.2 Å². The summed E-state index contributed by atoms with van der Waals surface area (Å²) in [5.74, 6) is 0.652. The molecule has 7 heteroatoms. The molecule has 2 aromatic carbocycles. The van der Waals surface area contributed by atoms with E-state index in [2.05, 4.69) is 10.2 Å². The van der Waals surface area contributed by atoms with Gasteiger partial charge in [-0.05, 0) is 57.0 Å². The molecule has 0 aliphatic carbocycles. The molecule has 6 nitrogen and oxygen atoms in total. The zero-order valence-corrected chi connectivity index (χ0v) is 18.3. The molecule has 1 N–H and O–H groups in total. The molecule has 3 heterocycles. The molecule has 0 saturated carbocycles. The summed E-state index contributed by atoms with van der Waals surface area (Å²) < 4.78 is 28.0. The summed E-state index contributed by atoms with van der Waals surface area (Å²) in [6.07, 6.45) is 2.14. The van der Waals surface area contributed by atoms with E-state index in [-0.39, 0.29) is 11.6 Å². The predicted molar refractivity (Wildman–Crippen MR) is 122 cm³/mol. The van der Waals surface area contributed by atoms with Crippen molar-refractivity contribution >= 4 is 17.3 Å². The number of nitrogens with zero attached hydrogens (tertiary/aromatic N) is 2. The number of halogens is 1. The molecule has 2 aliphatic rings. The van der Waals surface area contributed by atoms with Crippen LogP contribution in [0.15, 0.2) is 42.5 Å². The number of ether oxygens (including phenoxy) is 2. The lowest BCUT2D eigenvalue weighted by atomic mass is 10.2. The highest BCUT2D eigenvalue weighted by atomic mass is 19.1. The van der Waals surface area contributed by atoms with E-state index in [0.29, 0.717) is 24.5 Å². The van der Waals surface area contributed by atoms with Gasteiger partial charge in [-0.15, -0.1) is 0 Å². The van der Waals surface area contributed by atoms with Crippen LogP contribution >= 0.6 is 0 Å². The first-order chi connectivity index (χ1) is 15.5.